The van der Waals surface area contributed by atoms with Crippen LogP contribution in [0.3, 0.4) is 0 Å². The Labute approximate surface area is 190 Å². The first kappa shape index (κ1) is 23.3. The maximum Gasteiger partial charge on any atom is 0.458 e. The van der Waals surface area contributed by atoms with Gasteiger partial charge in [-0.15, -0.1) is 0 Å². The van der Waals surface area contributed by atoms with Crippen molar-refractivity contribution in [2.24, 2.45) is 5.92 Å². The van der Waals surface area contributed by atoms with Gasteiger partial charge in [0, 0.05) is 11.3 Å². The summed E-state index contributed by atoms with van der Waals surface area (Å²) < 4.78 is 66.1. The standard InChI is InChI=1S/C28H25F5/c1-2-3-4-5-18-6-7-20-15-21(9-8-19(20)14-18)22-10-11-24-23(16-22)17-26(29)25(27(24)30)12-13-28(31,32)33/h8-11,15-18H,2-7,14H2,1H3. The molecule has 0 heterocycles. The molecule has 172 valence electrons. The van der Waals surface area contributed by atoms with E-state index in [1.54, 1.807) is 18.1 Å². The van der Waals surface area contributed by atoms with Gasteiger partial charge in [-0.1, -0.05) is 68.9 Å². The van der Waals surface area contributed by atoms with Crippen LogP contribution in [-0.4, -0.2) is 6.18 Å². The van der Waals surface area contributed by atoms with E-state index in [9.17, 15) is 22.0 Å². The lowest BCUT2D eigenvalue weighted by Crippen LogP contribution is -2.14. The van der Waals surface area contributed by atoms with Crippen LogP contribution in [0, 0.1) is 29.4 Å². The van der Waals surface area contributed by atoms with Crippen LogP contribution < -0.4 is 0 Å². The van der Waals surface area contributed by atoms with E-state index in [1.165, 1.54) is 49.3 Å². The number of hydrogen-bond donors (Lipinski definition) is 0. The van der Waals surface area contributed by atoms with E-state index in [0.717, 1.165) is 41.9 Å². The summed E-state index contributed by atoms with van der Waals surface area (Å²) in [5, 5.41) is 0.327. The Morgan fingerprint density at radius 3 is 2.45 bits per heavy atom. The highest BCUT2D eigenvalue weighted by Crippen LogP contribution is 2.34. The molecule has 3 aromatic carbocycles. The van der Waals surface area contributed by atoms with Crippen LogP contribution in [0.4, 0.5) is 22.0 Å². The molecular weight excluding hydrogens is 431 g/mol. The molecule has 5 heteroatoms. The molecule has 4 rings (SSSR count). The predicted octanol–water partition coefficient (Wildman–Crippen LogP) is 8.38. The third-order valence-electron chi connectivity index (χ3n) is 6.44. The molecule has 0 radical (unpaired) electrons. The highest BCUT2D eigenvalue weighted by molar-refractivity contribution is 5.89. The Morgan fingerprint density at radius 2 is 1.70 bits per heavy atom. The zero-order valence-corrected chi connectivity index (χ0v) is 18.5. The molecule has 3 aromatic rings. The fourth-order valence-electron chi connectivity index (χ4n) is 4.70. The highest BCUT2D eigenvalue weighted by atomic mass is 19.4. The topological polar surface area (TPSA) is 0 Å². The zero-order chi connectivity index (χ0) is 23.6. The van der Waals surface area contributed by atoms with Crippen LogP contribution in [0.25, 0.3) is 21.9 Å². The number of unbranched alkanes of at least 4 members (excludes halogenated alkanes) is 2. The fourth-order valence-corrected chi connectivity index (χ4v) is 4.70. The first-order chi connectivity index (χ1) is 15.7. The van der Waals surface area contributed by atoms with Gasteiger partial charge < -0.3 is 0 Å². The molecule has 0 saturated heterocycles. The molecule has 1 atom stereocenters. The summed E-state index contributed by atoms with van der Waals surface area (Å²) in [5.41, 5.74) is 3.59. The van der Waals surface area contributed by atoms with Gasteiger partial charge >= 0.3 is 6.18 Å². The Hall–Kier alpha value is -2.87. The van der Waals surface area contributed by atoms with Crippen molar-refractivity contribution in [2.75, 3.05) is 0 Å². The van der Waals surface area contributed by atoms with Crippen molar-refractivity contribution in [3.63, 3.8) is 0 Å². The molecule has 0 spiro atoms. The SMILES string of the molecule is CCCCCC1CCc2cc(-c3ccc4c(F)c(C#CC(F)(F)F)c(F)cc4c3)ccc2C1. The molecule has 0 aliphatic heterocycles. The summed E-state index contributed by atoms with van der Waals surface area (Å²) in [4.78, 5) is 0. The van der Waals surface area contributed by atoms with Crippen molar-refractivity contribution in [1.29, 1.82) is 0 Å². The van der Waals surface area contributed by atoms with Gasteiger partial charge in [0.25, 0.3) is 0 Å². The predicted molar refractivity (Wildman–Crippen MR) is 122 cm³/mol. The smallest absolute Gasteiger partial charge is 0.205 e. The molecule has 0 amide bonds. The summed E-state index contributed by atoms with van der Waals surface area (Å²) in [7, 11) is 0. The van der Waals surface area contributed by atoms with Gasteiger partial charge in [0.15, 0.2) is 0 Å². The van der Waals surface area contributed by atoms with Crippen molar-refractivity contribution in [3.8, 4) is 23.0 Å². The average molecular weight is 456 g/mol. The maximum absolute atomic E-state index is 14.7. The molecule has 33 heavy (non-hydrogen) atoms. The summed E-state index contributed by atoms with van der Waals surface area (Å²) in [6.45, 7) is 2.22. The van der Waals surface area contributed by atoms with Gasteiger partial charge in [0.2, 0.25) is 0 Å². The quantitative estimate of drug-likeness (QED) is 0.205. The molecule has 1 aliphatic rings. The van der Waals surface area contributed by atoms with Crippen LogP contribution in [0.1, 0.15) is 55.7 Å². The lowest BCUT2D eigenvalue weighted by Gasteiger charge is -2.25. The number of fused-ring (bicyclic) bond motifs is 2. The molecule has 0 fully saturated rings. The van der Waals surface area contributed by atoms with Gasteiger partial charge in [-0.05, 0) is 65.0 Å². The van der Waals surface area contributed by atoms with E-state index in [0.29, 0.717) is 0 Å². The number of rotatable bonds is 5. The molecule has 1 aliphatic carbocycles. The summed E-state index contributed by atoms with van der Waals surface area (Å²) >= 11 is 0. The van der Waals surface area contributed by atoms with E-state index in [4.69, 9.17) is 0 Å². The van der Waals surface area contributed by atoms with Gasteiger partial charge in [0.1, 0.15) is 11.6 Å². The van der Waals surface area contributed by atoms with Crippen LogP contribution >= 0.6 is 0 Å². The number of benzene rings is 3. The monoisotopic (exact) mass is 456 g/mol. The van der Waals surface area contributed by atoms with Crippen molar-refractivity contribution >= 4 is 10.8 Å². The van der Waals surface area contributed by atoms with Crippen molar-refractivity contribution in [2.45, 2.75) is 58.0 Å². The lowest BCUT2D eigenvalue weighted by atomic mass is 9.80. The number of aryl methyl sites for hydroxylation is 1. The number of alkyl halides is 3. The van der Waals surface area contributed by atoms with E-state index < -0.39 is 23.4 Å². The normalized spacial score (nSPS) is 15.8. The summed E-state index contributed by atoms with van der Waals surface area (Å²) in [6, 6.07) is 12.2. The summed E-state index contributed by atoms with van der Waals surface area (Å²) in [5.74, 6) is 1.08. The van der Waals surface area contributed by atoms with Crippen LogP contribution in [-0.2, 0) is 12.8 Å². The second-order valence-corrected chi connectivity index (χ2v) is 8.82. The lowest BCUT2D eigenvalue weighted by molar-refractivity contribution is -0.0696. The minimum Gasteiger partial charge on any atom is -0.205 e. The largest absolute Gasteiger partial charge is 0.458 e. The Morgan fingerprint density at radius 1 is 0.939 bits per heavy atom. The molecule has 0 saturated carbocycles. The summed E-state index contributed by atoms with van der Waals surface area (Å²) in [6.07, 6.45) is 3.54. The van der Waals surface area contributed by atoms with E-state index >= 15 is 0 Å². The molecule has 0 aromatic heterocycles. The molecule has 0 N–H and O–H groups in total. The zero-order valence-electron chi connectivity index (χ0n) is 18.5. The minimum atomic E-state index is -4.82. The highest BCUT2D eigenvalue weighted by Gasteiger charge is 2.24. The van der Waals surface area contributed by atoms with Crippen LogP contribution in [0.15, 0.2) is 42.5 Å². The van der Waals surface area contributed by atoms with E-state index in [-0.39, 0.29) is 10.8 Å². The first-order valence-electron chi connectivity index (χ1n) is 11.4. The van der Waals surface area contributed by atoms with Crippen molar-refractivity contribution in [1.82, 2.24) is 0 Å². The molecule has 0 nitrogen and oxygen atoms in total. The minimum absolute atomic E-state index is 0.0412. The maximum atomic E-state index is 14.7. The third kappa shape index (κ3) is 5.38. The van der Waals surface area contributed by atoms with E-state index in [1.807, 2.05) is 6.07 Å². The number of halogens is 5. The van der Waals surface area contributed by atoms with Gasteiger partial charge in [0.05, 0.1) is 5.56 Å². The Kier molecular flexibility index (Phi) is 6.74. The fraction of sp³-hybridized carbons (Fsp3) is 0.357. The van der Waals surface area contributed by atoms with Gasteiger partial charge in [-0.25, -0.2) is 8.78 Å². The molecule has 1 unspecified atom stereocenters. The van der Waals surface area contributed by atoms with E-state index in [2.05, 4.69) is 19.1 Å². The third-order valence-corrected chi connectivity index (χ3v) is 6.44. The average Bonchev–Trinajstić information content (AvgIpc) is 2.77. The van der Waals surface area contributed by atoms with Crippen molar-refractivity contribution in [3.05, 3.63) is 70.8 Å². The van der Waals surface area contributed by atoms with Crippen LogP contribution in [0.2, 0.25) is 0 Å². The second-order valence-electron chi connectivity index (χ2n) is 8.82. The Balaban J connectivity index is 1.61. The van der Waals surface area contributed by atoms with Crippen LogP contribution in [0.5, 0.6) is 0 Å². The van der Waals surface area contributed by atoms with Crippen molar-refractivity contribution < 1.29 is 22.0 Å². The van der Waals surface area contributed by atoms with Gasteiger partial charge in [-0.3, -0.25) is 0 Å². The molecule has 0 bridgehead atoms. The molecular formula is C28H25F5. The second kappa shape index (κ2) is 9.55. The number of hydrogen-bond acceptors (Lipinski definition) is 0. The van der Waals surface area contributed by atoms with Gasteiger partial charge in [-0.2, -0.15) is 13.2 Å². The Bertz CT molecular complexity index is 1230. The first-order valence-corrected chi connectivity index (χ1v) is 11.4.